The number of esters is 1. The van der Waals surface area contributed by atoms with E-state index in [1.54, 1.807) is 0 Å². The Kier molecular flexibility index (Phi) is 5.18. The Labute approximate surface area is 121 Å². The second kappa shape index (κ2) is 6.89. The van der Waals surface area contributed by atoms with Gasteiger partial charge in [-0.2, -0.15) is 0 Å². The molecule has 2 rings (SSSR count). The molecule has 0 bridgehead atoms. The van der Waals surface area contributed by atoms with Gasteiger partial charge >= 0.3 is 5.97 Å². The number of nitrogens with zero attached hydrogens (tertiary/aromatic N) is 1. The van der Waals surface area contributed by atoms with Gasteiger partial charge < -0.3 is 4.74 Å². The Hall–Kier alpha value is -1.35. The van der Waals surface area contributed by atoms with Crippen LogP contribution < -0.4 is 0 Å². The highest BCUT2D eigenvalue weighted by Gasteiger charge is 2.22. The van der Waals surface area contributed by atoms with Gasteiger partial charge in [0.2, 0.25) is 0 Å². The van der Waals surface area contributed by atoms with Gasteiger partial charge in [-0.25, -0.2) is 4.79 Å². The van der Waals surface area contributed by atoms with Crippen molar-refractivity contribution in [2.45, 2.75) is 33.2 Å². The van der Waals surface area contributed by atoms with Crippen LogP contribution in [-0.4, -0.2) is 31.1 Å². The molecule has 0 saturated carbocycles. The van der Waals surface area contributed by atoms with E-state index in [0.717, 1.165) is 18.4 Å². The number of carbonyl (C=O) groups is 1. The molecule has 1 fully saturated rings. The normalized spacial score (nSPS) is 19.5. The lowest BCUT2D eigenvalue weighted by Gasteiger charge is -2.17. The zero-order valence-electron chi connectivity index (χ0n) is 12.8. The molecule has 3 heteroatoms. The van der Waals surface area contributed by atoms with E-state index in [-0.39, 0.29) is 5.97 Å². The van der Waals surface area contributed by atoms with Gasteiger partial charge in [0.05, 0.1) is 12.7 Å². The average molecular weight is 275 g/mol. The van der Waals surface area contributed by atoms with Crippen LogP contribution in [0.1, 0.15) is 42.6 Å². The van der Waals surface area contributed by atoms with Crippen molar-refractivity contribution >= 4 is 5.97 Å². The minimum atomic E-state index is -0.269. The van der Waals surface area contributed by atoms with Crippen LogP contribution in [0, 0.1) is 11.8 Å². The van der Waals surface area contributed by atoms with E-state index in [4.69, 9.17) is 4.74 Å². The van der Waals surface area contributed by atoms with Crippen molar-refractivity contribution in [1.29, 1.82) is 0 Å². The van der Waals surface area contributed by atoms with E-state index in [9.17, 15) is 4.79 Å². The summed E-state index contributed by atoms with van der Waals surface area (Å²) in [6.45, 7) is 7.98. The fraction of sp³-hybridized carbons (Fsp3) is 0.588. The first-order valence-corrected chi connectivity index (χ1v) is 7.48. The summed E-state index contributed by atoms with van der Waals surface area (Å²) in [4.78, 5) is 13.9. The summed E-state index contributed by atoms with van der Waals surface area (Å²) < 4.78 is 4.71. The third-order valence-corrected chi connectivity index (χ3v) is 3.96. The van der Waals surface area contributed by atoms with Gasteiger partial charge in [-0.05, 0) is 48.9 Å². The molecule has 1 aliphatic rings. The first-order chi connectivity index (χ1) is 9.58. The summed E-state index contributed by atoms with van der Waals surface area (Å²) >= 11 is 0. The summed E-state index contributed by atoms with van der Waals surface area (Å²) in [7, 11) is 1.41. The van der Waals surface area contributed by atoms with E-state index >= 15 is 0 Å². The van der Waals surface area contributed by atoms with Crippen LogP contribution in [-0.2, 0) is 11.3 Å². The first-order valence-electron chi connectivity index (χ1n) is 7.48. The van der Waals surface area contributed by atoms with Gasteiger partial charge in [-0.1, -0.05) is 26.0 Å². The average Bonchev–Trinajstić information content (AvgIpc) is 2.85. The number of carbonyl (C=O) groups excluding carboxylic acids is 1. The monoisotopic (exact) mass is 275 g/mol. The summed E-state index contributed by atoms with van der Waals surface area (Å²) in [6, 6.07) is 7.76. The Morgan fingerprint density at radius 2 is 2.05 bits per heavy atom. The number of benzene rings is 1. The molecule has 0 spiro atoms. The number of ether oxygens (including phenoxy) is 1. The summed E-state index contributed by atoms with van der Waals surface area (Å²) in [5.74, 6) is 1.37. The molecule has 1 aliphatic heterocycles. The van der Waals surface area contributed by atoms with Crippen LogP contribution in [0.5, 0.6) is 0 Å². The highest BCUT2D eigenvalue weighted by Crippen LogP contribution is 2.24. The van der Waals surface area contributed by atoms with Gasteiger partial charge in [-0.15, -0.1) is 0 Å². The van der Waals surface area contributed by atoms with Crippen LogP contribution >= 0.6 is 0 Å². The van der Waals surface area contributed by atoms with Crippen molar-refractivity contribution in [1.82, 2.24) is 4.90 Å². The molecular formula is C17H25NO2. The maximum absolute atomic E-state index is 11.4. The van der Waals surface area contributed by atoms with Crippen LogP contribution in [0.2, 0.25) is 0 Å². The lowest BCUT2D eigenvalue weighted by Crippen LogP contribution is -2.20. The lowest BCUT2D eigenvalue weighted by atomic mass is 9.97. The lowest BCUT2D eigenvalue weighted by molar-refractivity contribution is 0.0600. The highest BCUT2D eigenvalue weighted by molar-refractivity contribution is 5.89. The molecule has 20 heavy (non-hydrogen) atoms. The van der Waals surface area contributed by atoms with E-state index in [1.807, 2.05) is 24.3 Å². The Bertz CT molecular complexity index is 439. The zero-order valence-corrected chi connectivity index (χ0v) is 12.8. The number of methoxy groups -OCH3 is 1. The van der Waals surface area contributed by atoms with Crippen molar-refractivity contribution in [3.05, 3.63) is 35.4 Å². The third-order valence-electron chi connectivity index (χ3n) is 3.96. The number of likely N-dealkylation sites (tertiary alicyclic amines) is 1. The maximum Gasteiger partial charge on any atom is 0.337 e. The first kappa shape index (κ1) is 15.0. The van der Waals surface area contributed by atoms with Crippen LogP contribution in [0.4, 0.5) is 0 Å². The SMILES string of the molecule is COC(=O)c1ccc(CN2CCC(CC(C)C)C2)cc1. The number of rotatable bonds is 5. The Balaban J connectivity index is 1.87. The summed E-state index contributed by atoms with van der Waals surface area (Å²) in [5, 5.41) is 0. The maximum atomic E-state index is 11.4. The molecule has 1 unspecified atom stereocenters. The number of hydrogen-bond acceptors (Lipinski definition) is 3. The molecule has 0 aliphatic carbocycles. The van der Waals surface area contributed by atoms with Crippen molar-refractivity contribution < 1.29 is 9.53 Å². The van der Waals surface area contributed by atoms with Gasteiger partial charge in [0.1, 0.15) is 0 Å². The predicted molar refractivity (Wildman–Crippen MR) is 80.6 cm³/mol. The standard InChI is InChI=1S/C17H25NO2/c1-13(2)10-15-8-9-18(12-15)11-14-4-6-16(7-5-14)17(19)20-3/h4-7,13,15H,8-12H2,1-3H3. The van der Waals surface area contributed by atoms with E-state index in [0.29, 0.717) is 5.56 Å². The van der Waals surface area contributed by atoms with Crippen LogP contribution in [0.25, 0.3) is 0 Å². The largest absolute Gasteiger partial charge is 0.465 e. The van der Waals surface area contributed by atoms with Gasteiger partial charge in [0, 0.05) is 13.1 Å². The van der Waals surface area contributed by atoms with Crippen molar-refractivity contribution in [3.63, 3.8) is 0 Å². The zero-order chi connectivity index (χ0) is 14.5. The number of hydrogen-bond donors (Lipinski definition) is 0. The predicted octanol–water partition coefficient (Wildman–Crippen LogP) is 3.34. The molecule has 0 N–H and O–H groups in total. The highest BCUT2D eigenvalue weighted by atomic mass is 16.5. The van der Waals surface area contributed by atoms with Crippen LogP contribution in [0.3, 0.4) is 0 Å². The minimum absolute atomic E-state index is 0.269. The van der Waals surface area contributed by atoms with Gasteiger partial charge in [0.25, 0.3) is 0 Å². The molecule has 110 valence electrons. The summed E-state index contributed by atoms with van der Waals surface area (Å²) in [5.41, 5.74) is 1.89. The molecule has 0 aromatic heterocycles. The fourth-order valence-corrected chi connectivity index (χ4v) is 3.04. The molecule has 1 heterocycles. The molecule has 1 saturated heterocycles. The van der Waals surface area contributed by atoms with E-state index < -0.39 is 0 Å². The second-order valence-electron chi connectivity index (χ2n) is 6.21. The van der Waals surface area contributed by atoms with E-state index in [2.05, 4.69) is 18.7 Å². The molecule has 1 aromatic carbocycles. The van der Waals surface area contributed by atoms with Crippen molar-refractivity contribution in [3.8, 4) is 0 Å². The molecule has 3 nitrogen and oxygen atoms in total. The molecular weight excluding hydrogens is 250 g/mol. The van der Waals surface area contributed by atoms with Crippen molar-refractivity contribution in [2.75, 3.05) is 20.2 Å². The Morgan fingerprint density at radius 3 is 2.65 bits per heavy atom. The van der Waals surface area contributed by atoms with Gasteiger partial charge in [-0.3, -0.25) is 4.90 Å². The van der Waals surface area contributed by atoms with Gasteiger partial charge in [0.15, 0.2) is 0 Å². The quantitative estimate of drug-likeness (QED) is 0.772. The molecule has 1 atom stereocenters. The topological polar surface area (TPSA) is 29.5 Å². The smallest absolute Gasteiger partial charge is 0.337 e. The molecule has 0 amide bonds. The Morgan fingerprint density at radius 1 is 1.35 bits per heavy atom. The second-order valence-corrected chi connectivity index (χ2v) is 6.21. The third kappa shape index (κ3) is 4.07. The van der Waals surface area contributed by atoms with E-state index in [1.165, 1.54) is 38.6 Å². The molecule has 0 radical (unpaired) electrons. The fourth-order valence-electron chi connectivity index (χ4n) is 3.04. The molecule has 1 aromatic rings. The summed E-state index contributed by atoms with van der Waals surface area (Å²) in [6.07, 6.45) is 2.65. The van der Waals surface area contributed by atoms with Crippen LogP contribution in [0.15, 0.2) is 24.3 Å². The minimum Gasteiger partial charge on any atom is -0.465 e. The van der Waals surface area contributed by atoms with Crippen molar-refractivity contribution in [2.24, 2.45) is 11.8 Å².